The minimum absolute atomic E-state index is 0.0660. The molecule has 1 atom stereocenters. The zero-order valence-corrected chi connectivity index (χ0v) is 15.7. The Kier molecular flexibility index (Phi) is 6.75. The van der Waals surface area contributed by atoms with Crippen LogP contribution >= 0.6 is 0 Å². The molecule has 3 nitrogen and oxygen atoms in total. The zero-order chi connectivity index (χ0) is 22.9. The first-order valence-electron chi connectivity index (χ1n) is 11.2. The molecule has 0 saturated carbocycles. The SMILES string of the molecule is [2H]C([2H])(C=C)C([2H])([2H])CCCC(N=C(c1ccccc1)c1ccccc1)C(=O)OCC. The number of carbonyl (C=O) groups excluding carboxylic acids is 1. The summed E-state index contributed by atoms with van der Waals surface area (Å²) in [6.45, 7) is 5.34. The predicted octanol–water partition coefficient (Wildman–Crippen LogP) is 5.59. The third-order valence-corrected chi connectivity index (χ3v) is 3.92. The molecule has 0 spiro atoms. The van der Waals surface area contributed by atoms with E-state index >= 15 is 0 Å². The highest BCUT2D eigenvalue weighted by molar-refractivity contribution is 6.13. The van der Waals surface area contributed by atoms with Crippen molar-refractivity contribution in [1.29, 1.82) is 0 Å². The van der Waals surface area contributed by atoms with Gasteiger partial charge in [0.05, 0.1) is 12.3 Å². The monoisotopic (exact) mass is 367 g/mol. The molecule has 27 heavy (non-hydrogen) atoms. The topological polar surface area (TPSA) is 38.7 Å². The maximum Gasteiger partial charge on any atom is 0.330 e. The molecule has 0 saturated heterocycles. The third kappa shape index (κ3) is 6.86. The fourth-order valence-electron chi connectivity index (χ4n) is 2.67. The van der Waals surface area contributed by atoms with Crippen molar-refractivity contribution in [3.8, 4) is 0 Å². The first kappa shape index (κ1) is 15.4. The van der Waals surface area contributed by atoms with E-state index in [2.05, 4.69) is 6.58 Å². The van der Waals surface area contributed by atoms with Crippen LogP contribution in [0.1, 0.15) is 55.5 Å². The van der Waals surface area contributed by atoms with Crippen molar-refractivity contribution in [2.45, 2.75) is 45.0 Å². The van der Waals surface area contributed by atoms with Gasteiger partial charge in [-0.05, 0) is 26.1 Å². The summed E-state index contributed by atoms with van der Waals surface area (Å²) < 4.78 is 36.9. The summed E-state index contributed by atoms with van der Waals surface area (Å²) in [6, 6.07) is 18.3. The van der Waals surface area contributed by atoms with Gasteiger partial charge < -0.3 is 4.74 Å². The van der Waals surface area contributed by atoms with Crippen molar-refractivity contribution in [3.63, 3.8) is 0 Å². The molecule has 0 fully saturated rings. The van der Waals surface area contributed by atoms with Gasteiger partial charge in [0.15, 0.2) is 0 Å². The van der Waals surface area contributed by atoms with E-state index in [0.29, 0.717) is 5.71 Å². The smallest absolute Gasteiger partial charge is 0.330 e. The molecule has 3 heteroatoms. The summed E-state index contributed by atoms with van der Waals surface area (Å²) in [5.74, 6) is -0.473. The first-order chi connectivity index (χ1) is 14.7. The number of nitrogens with zero attached hydrogens (tertiary/aromatic N) is 1. The number of carbonyl (C=O) groups is 1. The Hall–Kier alpha value is -2.68. The molecular formula is C24H29NO2. The van der Waals surface area contributed by atoms with Crippen molar-refractivity contribution in [2.75, 3.05) is 6.61 Å². The van der Waals surface area contributed by atoms with Crippen LogP contribution in [0.4, 0.5) is 0 Å². The molecule has 0 radical (unpaired) electrons. The fourth-order valence-corrected chi connectivity index (χ4v) is 2.67. The van der Waals surface area contributed by atoms with Gasteiger partial charge in [-0.1, -0.05) is 79.6 Å². The summed E-state index contributed by atoms with van der Waals surface area (Å²) in [5, 5.41) is 0. The lowest BCUT2D eigenvalue weighted by Gasteiger charge is -2.15. The number of allylic oxidation sites excluding steroid dienone is 1. The van der Waals surface area contributed by atoms with Crippen LogP contribution < -0.4 is 0 Å². The first-order valence-corrected chi connectivity index (χ1v) is 9.20. The average molecular weight is 368 g/mol. The number of aliphatic imine (C=N–C) groups is 1. The van der Waals surface area contributed by atoms with E-state index in [1.54, 1.807) is 6.92 Å². The van der Waals surface area contributed by atoms with Gasteiger partial charge in [-0.3, -0.25) is 4.99 Å². The second-order valence-electron chi connectivity index (χ2n) is 5.90. The van der Waals surface area contributed by atoms with Gasteiger partial charge in [-0.15, -0.1) is 6.58 Å². The van der Waals surface area contributed by atoms with Crippen molar-refractivity contribution in [2.24, 2.45) is 4.99 Å². The number of benzene rings is 2. The van der Waals surface area contributed by atoms with Gasteiger partial charge in [0.25, 0.3) is 0 Å². The number of hydrogen-bond donors (Lipinski definition) is 0. The summed E-state index contributed by atoms with van der Waals surface area (Å²) >= 11 is 0. The third-order valence-electron chi connectivity index (χ3n) is 3.92. The highest BCUT2D eigenvalue weighted by Gasteiger charge is 2.20. The van der Waals surface area contributed by atoms with Crippen molar-refractivity contribution in [3.05, 3.63) is 84.4 Å². The maximum atomic E-state index is 12.6. The molecule has 0 amide bonds. The molecule has 0 aliphatic rings. The normalized spacial score (nSPS) is 14.7. The second kappa shape index (κ2) is 11.8. The van der Waals surface area contributed by atoms with Crippen molar-refractivity contribution < 1.29 is 15.0 Å². The summed E-state index contributed by atoms with van der Waals surface area (Å²) in [5.41, 5.74) is 2.38. The van der Waals surface area contributed by atoms with Crippen molar-refractivity contribution >= 4 is 11.7 Å². The van der Waals surface area contributed by atoms with Crippen LogP contribution in [0.15, 0.2) is 78.3 Å². The Labute approximate surface area is 168 Å². The van der Waals surface area contributed by atoms with Crippen LogP contribution in [0.5, 0.6) is 0 Å². The molecule has 2 aromatic carbocycles. The number of ether oxygens (including phenoxy) is 1. The van der Waals surface area contributed by atoms with Crippen LogP contribution in [-0.2, 0) is 9.53 Å². The van der Waals surface area contributed by atoms with Crippen LogP contribution in [0.2, 0.25) is 0 Å². The van der Waals surface area contributed by atoms with E-state index in [9.17, 15) is 4.79 Å². The van der Waals surface area contributed by atoms with E-state index in [-0.39, 0.29) is 25.9 Å². The molecule has 2 rings (SSSR count). The molecule has 2 aromatic rings. The van der Waals surface area contributed by atoms with Gasteiger partial charge in [0.1, 0.15) is 6.04 Å². The Morgan fingerprint density at radius 3 is 2.22 bits per heavy atom. The van der Waals surface area contributed by atoms with E-state index < -0.39 is 24.8 Å². The molecule has 0 aromatic heterocycles. The standard InChI is InChI=1S/C24H29NO2/c1-3-5-6-7-14-19-22(24(26)27-4-2)25-23(20-15-10-8-11-16-20)21-17-12-9-13-18-21/h3,8-13,15-18,22H,1,4-7,14,19H2,2H3/i5D2,6D2. The number of esters is 1. The highest BCUT2D eigenvalue weighted by atomic mass is 16.5. The predicted molar refractivity (Wildman–Crippen MR) is 112 cm³/mol. The minimum Gasteiger partial charge on any atom is -0.464 e. The Balaban J connectivity index is 2.33. The molecule has 0 heterocycles. The van der Waals surface area contributed by atoms with Crippen LogP contribution in [0.3, 0.4) is 0 Å². The molecule has 0 aliphatic carbocycles. The largest absolute Gasteiger partial charge is 0.464 e. The lowest BCUT2D eigenvalue weighted by molar-refractivity contribution is -0.144. The van der Waals surface area contributed by atoms with Crippen LogP contribution in [0.25, 0.3) is 0 Å². The molecule has 1 unspecified atom stereocenters. The fraction of sp³-hybridized carbons (Fsp3) is 0.333. The molecule has 142 valence electrons. The van der Waals surface area contributed by atoms with E-state index in [1.807, 2.05) is 60.7 Å². The van der Waals surface area contributed by atoms with Gasteiger partial charge in [-0.25, -0.2) is 4.79 Å². The molecular weight excluding hydrogens is 334 g/mol. The molecule has 0 N–H and O–H groups in total. The summed E-state index contributed by atoms with van der Waals surface area (Å²) in [7, 11) is 0. The maximum absolute atomic E-state index is 12.6. The minimum atomic E-state index is -2.16. The Bertz CT molecular complexity index is 841. The number of rotatable bonds is 11. The van der Waals surface area contributed by atoms with Crippen molar-refractivity contribution in [1.82, 2.24) is 0 Å². The van der Waals surface area contributed by atoms with Gasteiger partial charge >= 0.3 is 5.97 Å². The van der Waals surface area contributed by atoms with Crippen LogP contribution in [-0.4, -0.2) is 24.3 Å². The van der Waals surface area contributed by atoms with Crippen LogP contribution in [0, 0.1) is 0 Å². The quantitative estimate of drug-likeness (QED) is 0.295. The summed E-state index contributed by atoms with van der Waals surface area (Å²) in [4.78, 5) is 17.4. The zero-order valence-electron chi connectivity index (χ0n) is 19.7. The van der Waals surface area contributed by atoms with Gasteiger partial charge in [-0.2, -0.15) is 0 Å². The molecule has 0 bridgehead atoms. The van der Waals surface area contributed by atoms with E-state index in [1.165, 1.54) is 0 Å². The van der Waals surface area contributed by atoms with E-state index in [0.717, 1.165) is 17.2 Å². The molecule has 0 aliphatic heterocycles. The van der Waals surface area contributed by atoms with E-state index in [4.69, 9.17) is 15.2 Å². The highest BCUT2D eigenvalue weighted by Crippen LogP contribution is 2.16. The average Bonchev–Trinajstić information content (AvgIpc) is 2.77. The van der Waals surface area contributed by atoms with Gasteiger partial charge in [0, 0.05) is 16.6 Å². The second-order valence-corrected chi connectivity index (χ2v) is 5.90. The lowest BCUT2D eigenvalue weighted by atomic mass is 10.0. The van der Waals surface area contributed by atoms with Gasteiger partial charge in [0.2, 0.25) is 0 Å². The summed E-state index contributed by atoms with van der Waals surface area (Å²) in [6.07, 6.45) is -2.83. The Morgan fingerprint density at radius 1 is 1.11 bits per heavy atom. The Morgan fingerprint density at radius 2 is 1.70 bits per heavy atom. The lowest BCUT2D eigenvalue weighted by Crippen LogP contribution is -2.24. The number of hydrogen-bond acceptors (Lipinski definition) is 3.